The number of benzene rings is 3. The van der Waals surface area contributed by atoms with E-state index in [4.69, 9.17) is 0 Å². The molecular weight excluding hydrogens is 635 g/mol. The summed E-state index contributed by atoms with van der Waals surface area (Å²) in [7, 11) is 0. The summed E-state index contributed by atoms with van der Waals surface area (Å²) in [6.07, 6.45) is 26.3. The summed E-state index contributed by atoms with van der Waals surface area (Å²) in [6.45, 7) is 2.03. The lowest BCUT2D eigenvalue weighted by Gasteiger charge is -2.37. The zero-order chi connectivity index (χ0) is 35.6. The van der Waals surface area contributed by atoms with Gasteiger partial charge in [-0.3, -0.25) is 0 Å². The quantitative estimate of drug-likeness (QED) is 0.142. The first kappa shape index (κ1) is 33.1. The fourth-order valence-electron chi connectivity index (χ4n) is 8.98. The molecule has 3 aliphatic carbocycles. The van der Waals surface area contributed by atoms with E-state index in [1.54, 1.807) is 0 Å². The van der Waals surface area contributed by atoms with Crippen LogP contribution in [0.15, 0.2) is 150 Å². The predicted octanol–water partition coefficient (Wildman–Crippen LogP) is 10.0. The van der Waals surface area contributed by atoms with E-state index in [1.165, 1.54) is 28.0 Å². The summed E-state index contributed by atoms with van der Waals surface area (Å²) in [5.74, 6) is 0.515. The summed E-state index contributed by atoms with van der Waals surface area (Å²) in [5, 5.41) is 29.9. The predicted molar refractivity (Wildman–Crippen MR) is 209 cm³/mol. The molecule has 0 saturated carbocycles. The minimum absolute atomic E-state index is 0.0505. The highest BCUT2D eigenvalue weighted by molar-refractivity contribution is 5.75. The first-order valence-electron chi connectivity index (χ1n) is 18.4. The number of hydrogen-bond acceptors (Lipinski definition) is 5. The molecular formula is C47H41N5. The van der Waals surface area contributed by atoms with Crippen molar-refractivity contribution in [1.29, 1.82) is 15.8 Å². The SMILES string of the molecule is C/C=C(CC1=CC(N2c3ccccc3C3C=CC=CC32)CC(c2ccccc2)=C1)\C(C#N)=C\N1c2ccc(C#N)cc2CC1C1C=C[C@@H](C#N)CC1. The summed E-state index contributed by atoms with van der Waals surface area (Å²) in [4.78, 5) is 4.88. The third kappa shape index (κ3) is 6.12. The number of rotatable bonds is 7. The first-order valence-corrected chi connectivity index (χ1v) is 18.4. The van der Waals surface area contributed by atoms with Crippen LogP contribution in [0, 0.1) is 45.8 Å². The van der Waals surface area contributed by atoms with Gasteiger partial charge in [0.05, 0.1) is 41.3 Å². The van der Waals surface area contributed by atoms with E-state index in [-0.39, 0.29) is 30.0 Å². The molecule has 0 saturated heterocycles. The highest BCUT2D eigenvalue weighted by Gasteiger charge is 2.40. The smallest absolute Gasteiger partial charge is 0.101 e. The maximum atomic E-state index is 10.8. The molecule has 6 atom stereocenters. The van der Waals surface area contributed by atoms with Crippen molar-refractivity contribution in [3.05, 3.63) is 173 Å². The molecule has 0 bridgehead atoms. The summed E-state index contributed by atoms with van der Waals surface area (Å²) >= 11 is 0. The molecule has 0 spiro atoms. The van der Waals surface area contributed by atoms with Crippen LogP contribution in [-0.2, 0) is 6.42 Å². The van der Waals surface area contributed by atoms with Crippen molar-refractivity contribution in [3.63, 3.8) is 0 Å². The molecule has 3 aromatic rings. The second kappa shape index (κ2) is 14.3. The zero-order valence-corrected chi connectivity index (χ0v) is 29.4. The molecule has 5 heteroatoms. The van der Waals surface area contributed by atoms with Crippen molar-refractivity contribution in [2.24, 2.45) is 11.8 Å². The van der Waals surface area contributed by atoms with E-state index in [1.807, 2.05) is 37.4 Å². The Labute approximate surface area is 307 Å². The molecule has 5 aliphatic rings. The Morgan fingerprint density at radius 2 is 1.69 bits per heavy atom. The van der Waals surface area contributed by atoms with Crippen molar-refractivity contribution in [1.82, 2.24) is 0 Å². The van der Waals surface area contributed by atoms with E-state index < -0.39 is 0 Å². The molecule has 254 valence electrons. The minimum atomic E-state index is -0.0505. The Hall–Kier alpha value is -6.09. The lowest BCUT2D eigenvalue weighted by molar-refractivity contribution is 0.427. The normalized spacial score (nSPS) is 26.0. The van der Waals surface area contributed by atoms with E-state index in [0.717, 1.165) is 42.5 Å². The van der Waals surface area contributed by atoms with Gasteiger partial charge in [-0.15, -0.1) is 0 Å². The van der Waals surface area contributed by atoms with Gasteiger partial charge in [0.1, 0.15) is 6.07 Å². The standard InChI is InChI=1S/C47H41N5/c1-2-35(40(30-50)31-51-44-21-18-33(29-49)22-39(44)27-47(51)37-19-16-32(28-48)17-20-37)23-34-24-38(36-10-4-3-5-11-36)26-41(25-34)52-45-14-8-6-12-42(45)43-13-7-9-15-46(43)52/h2-16,18-19,21-22,24-25,31-32,37,41-42,45,47H,17,20,23,26-27H2,1H3/b35-2-,40-31+/t32-,37?,41?,42?,45?,47?/m1/s1. The lowest BCUT2D eigenvalue weighted by Crippen LogP contribution is -2.41. The van der Waals surface area contributed by atoms with Crippen LogP contribution in [0.25, 0.3) is 5.57 Å². The minimum Gasteiger partial charge on any atom is -0.357 e. The highest BCUT2D eigenvalue weighted by Crippen LogP contribution is 2.47. The number of para-hydroxylation sites is 1. The number of hydrogen-bond donors (Lipinski definition) is 0. The van der Waals surface area contributed by atoms with Crippen LogP contribution in [0.1, 0.15) is 60.8 Å². The van der Waals surface area contributed by atoms with Gasteiger partial charge in [0, 0.05) is 29.5 Å². The number of nitrogens with zero attached hydrogens (tertiary/aromatic N) is 5. The molecule has 3 aromatic carbocycles. The van der Waals surface area contributed by atoms with Crippen LogP contribution in [0.2, 0.25) is 0 Å². The van der Waals surface area contributed by atoms with Gasteiger partial charge in [0.15, 0.2) is 0 Å². The Morgan fingerprint density at radius 3 is 2.46 bits per heavy atom. The average molecular weight is 676 g/mol. The molecule has 52 heavy (non-hydrogen) atoms. The van der Waals surface area contributed by atoms with Gasteiger partial charge in [0.25, 0.3) is 0 Å². The van der Waals surface area contributed by atoms with Crippen molar-refractivity contribution in [3.8, 4) is 18.2 Å². The zero-order valence-electron chi connectivity index (χ0n) is 29.4. The largest absolute Gasteiger partial charge is 0.357 e. The number of allylic oxidation sites excluding steroid dienone is 8. The molecule has 5 unspecified atom stereocenters. The van der Waals surface area contributed by atoms with Crippen molar-refractivity contribution in [2.75, 3.05) is 9.80 Å². The molecule has 2 heterocycles. The van der Waals surface area contributed by atoms with E-state index in [2.05, 4.69) is 131 Å². The summed E-state index contributed by atoms with van der Waals surface area (Å²) in [5.41, 5.74) is 10.9. The number of fused-ring (bicyclic) bond motifs is 4. The van der Waals surface area contributed by atoms with Crippen molar-refractivity contribution in [2.45, 2.75) is 63.1 Å². The number of nitriles is 3. The Balaban J connectivity index is 1.15. The topological polar surface area (TPSA) is 77.8 Å². The van der Waals surface area contributed by atoms with Crippen LogP contribution in [-0.4, -0.2) is 18.1 Å². The third-order valence-corrected chi connectivity index (χ3v) is 11.5. The Bertz CT molecular complexity index is 2230. The third-order valence-electron chi connectivity index (χ3n) is 11.5. The van der Waals surface area contributed by atoms with E-state index in [9.17, 15) is 15.8 Å². The lowest BCUT2D eigenvalue weighted by atomic mass is 9.83. The van der Waals surface area contributed by atoms with Gasteiger partial charge in [-0.05, 0) is 103 Å². The molecule has 0 amide bonds. The number of anilines is 2. The fraction of sp³-hybridized carbons (Fsp3) is 0.255. The molecule has 0 radical (unpaired) electrons. The van der Waals surface area contributed by atoms with Crippen LogP contribution in [0.3, 0.4) is 0 Å². The summed E-state index contributed by atoms with van der Waals surface area (Å²) in [6, 6.07) is 33.2. The maximum Gasteiger partial charge on any atom is 0.101 e. The van der Waals surface area contributed by atoms with Gasteiger partial charge in [-0.2, -0.15) is 15.8 Å². The molecule has 8 rings (SSSR count). The fourth-order valence-corrected chi connectivity index (χ4v) is 8.98. The van der Waals surface area contributed by atoms with Gasteiger partial charge >= 0.3 is 0 Å². The van der Waals surface area contributed by atoms with Crippen LogP contribution < -0.4 is 9.80 Å². The van der Waals surface area contributed by atoms with Gasteiger partial charge in [-0.1, -0.05) is 103 Å². The maximum absolute atomic E-state index is 10.8. The average Bonchev–Trinajstić information content (AvgIpc) is 3.74. The molecule has 0 N–H and O–H groups in total. The van der Waals surface area contributed by atoms with Crippen molar-refractivity contribution >= 4 is 16.9 Å². The second-order valence-corrected chi connectivity index (χ2v) is 14.4. The molecule has 0 aromatic heterocycles. The van der Waals surface area contributed by atoms with E-state index >= 15 is 0 Å². The molecule has 5 nitrogen and oxygen atoms in total. The van der Waals surface area contributed by atoms with Crippen molar-refractivity contribution < 1.29 is 0 Å². The molecule has 2 aliphatic heterocycles. The Morgan fingerprint density at radius 1 is 0.865 bits per heavy atom. The highest BCUT2D eigenvalue weighted by atomic mass is 15.2. The van der Waals surface area contributed by atoms with Gasteiger partial charge in [-0.25, -0.2) is 0 Å². The van der Waals surface area contributed by atoms with Gasteiger partial charge < -0.3 is 9.80 Å². The van der Waals surface area contributed by atoms with E-state index in [0.29, 0.717) is 23.5 Å². The Kier molecular flexibility index (Phi) is 9.07. The van der Waals surface area contributed by atoms with Gasteiger partial charge in [0.2, 0.25) is 0 Å². The first-order chi connectivity index (χ1) is 25.6. The molecule has 0 fully saturated rings. The second-order valence-electron chi connectivity index (χ2n) is 14.4. The van der Waals surface area contributed by atoms with Crippen LogP contribution in [0.4, 0.5) is 11.4 Å². The van der Waals surface area contributed by atoms with Crippen LogP contribution >= 0.6 is 0 Å². The monoisotopic (exact) mass is 675 g/mol. The summed E-state index contributed by atoms with van der Waals surface area (Å²) < 4.78 is 0. The van der Waals surface area contributed by atoms with Crippen LogP contribution in [0.5, 0.6) is 0 Å².